The van der Waals surface area contributed by atoms with Crippen LogP contribution in [0.4, 0.5) is 15.9 Å². The van der Waals surface area contributed by atoms with Gasteiger partial charge in [0.25, 0.3) is 5.56 Å². The molecule has 0 saturated heterocycles. The van der Waals surface area contributed by atoms with Crippen molar-refractivity contribution in [1.29, 1.82) is 0 Å². The summed E-state index contributed by atoms with van der Waals surface area (Å²) in [6, 6.07) is 10.3. The Balaban J connectivity index is 0.000000200. The molecule has 0 bridgehead atoms. The molecule has 1 aliphatic rings. The lowest BCUT2D eigenvalue weighted by Crippen LogP contribution is -2.19. The highest BCUT2D eigenvalue weighted by molar-refractivity contribution is 5.82. The van der Waals surface area contributed by atoms with Gasteiger partial charge in [0.2, 0.25) is 0 Å². The Labute approximate surface area is 193 Å². The van der Waals surface area contributed by atoms with Crippen molar-refractivity contribution >= 4 is 33.6 Å². The van der Waals surface area contributed by atoms with E-state index in [4.69, 9.17) is 0 Å². The van der Waals surface area contributed by atoms with Crippen molar-refractivity contribution < 1.29 is 4.39 Å². The molecule has 1 atom stereocenters. The molecule has 3 aromatic heterocycles. The molecule has 0 spiro atoms. The number of nitrogens with zero attached hydrogens (tertiary/aromatic N) is 4. The molecule has 0 amide bonds. The minimum atomic E-state index is -0.246. The van der Waals surface area contributed by atoms with Gasteiger partial charge in [-0.15, -0.1) is 0 Å². The fourth-order valence-corrected chi connectivity index (χ4v) is 4.00. The lowest BCUT2D eigenvalue weighted by atomic mass is 10.1. The molecule has 0 radical (unpaired) electrons. The number of aryl methyl sites for hydroxylation is 1. The van der Waals surface area contributed by atoms with E-state index in [0.717, 1.165) is 29.8 Å². The number of H-pyrrole nitrogens is 2. The Hall–Kier alpha value is -4.34. The number of hydrogen-bond acceptors (Lipinski definition) is 7. The average molecular weight is 459 g/mol. The van der Waals surface area contributed by atoms with Gasteiger partial charge in [-0.1, -0.05) is 12.1 Å². The number of fused-ring (bicyclic) bond motifs is 3. The van der Waals surface area contributed by atoms with E-state index in [9.17, 15) is 9.18 Å². The summed E-state index contributed by atoms with van der Waals surface area (Å²) in [6.07, 6.45) is 3.96. The van der Waals surface area contributed by atoms with E-state index in [2.05, 4.69) is 40.5 Å². The molecular formula is C24H23FN8O. The van der Waals surface area contributed by atoms with E-state index >= 15 is 0 Å². The number of aromatic nitrogens is 6. The van der Waals surface area contributed by atoms with Crippen molar-refractivity contribution in [2.45, 2.75) is 26.3 Å². The van der Waals surface area contributed by atoms with Crippen LogP contribution in [0.2, 0.25) is 0 Å². The van der Waals surface area contributed by atoms with Crippen LogP contribution in [0.25, 0.3) is 22.1 Å². The SMILES string of the molecule is Cc1cccc2nc(C(C)Nc3ncnc4nc[nH]c34)[nH]c(=O)c12.Fc1ccc2c(c1)CCN2. The van der Waals surface area contributed by atoms with Crippen molar-refractivity contribution in [3.05, 3.63) is 82.2 Å². The summed E-state index contributed by atoms with van der Waals surface area (Å²) in [5, 5.41) is 7.02. The second-order valence-corrected chi connectivity index (χ2v) is 8.09. The van der Waals surface area contributed by atoms with Crippen molar-refractivity contribution in [3.63, 3.8) is 0 Å². The molecule has 5 aromatic rings. The number of anilines is 2. The first-order chi connectivity index (χ1) is 16.5. The first kappa shape index (κ1) is 21.5. The van der Waals surface area contributed by atoms with Crippen LogP contribution in [0.15, 0.2) is 53.8 Å². The normalized spacial score (nSPS) is 13.1. The summed E-state index contributed by atoms with van der Waals surface area (Å²) in [5.74, 6) is 1.02. The predicted octanol–water partition coefficient (Wildman–Crippen LogP) is 3.86. The zero-order chi connectivity index (χ0) is 23.7. The highest BCUT2D eigenvalue weighted by Crippen LogP contribution is 2.22. The van der Waals surface area contributed by atoms with Crippen LogP contribution in [0, 0.1) is 12.7 Å². The van der Waals surface area contributed by atoms with Gasteiger partial charge < -0.3 is 20.6 Å². The second kappa shape index (κ2) is 8.89. The van der Waals surface area contributed by atoms with E-state index in [1.165, 1.54) is 12.4 Å². The summed E-state index contributed by atoms with van der Waals surface area (Å²) in [7, 11) is 0. The highest BCUT2D eigenvalue weighted by Gasteiger charge is 2.15. The van der Waals surface area contributed by atoms with Gasteiger partial charge in [-0.25, -0.2) is 24.3 Å². The number of halogens is 1. The first-order valence-corrected chi connectivity index (χ1v) is 10.9. The van der Waals surface area contributed by atoms with Gasteiger partial charge in [-0.05, 0) is 55.7 Å². The monoisotopic (exact) mass is 458 g/mol. The van der Waals surface area contributed by atoms with Crippen LogP contribution >= 0.6 is 0 Å². The highest BCUT2D eigenvalue weighted by atomic mass is 19.1. The molecule has 2 aromatic carbocycles. The van der Waals surface area contributed by atoms with E-state index in [0.29, 0.717) is 33.7 Å². The lowest BCUT2D eigenvalue weighted by Gasteiger charge is -2.14. The van der Waals surface area contributed by atoms with Gasteiger partial charge in [0, 0.05) is 12.2 Å². The third kappa shape index (κ3) is 4.17. The van der Waals surface area contributed by atoms with Crippen molar-refractivity contribution in [3.8, 4) is 0 Å². The maximum absolute atomic E-state index is 12.5. The number of benzene rings is 2. The van der Waals surface area contributed by atoms with Crippen LogP contribution in [0.1, 0.15) is 29.9 Å². The van der Waals surface area contributed by atoms with Crippen LogP contribution < -0.4 is 16.2 Å². The Bertz CT molecular complexity index is 1540. The maximum Gasteiger partial charge on any atom is 0.259 e. The summed E-state index contributed by atoms with van der Waals surface area (Å²) in [6.45, 7) is 4.75. The third-order valence-corrected chi connectivity index (χ3v) is 5.72. The van der Waals surface area contributed by atoms with E-state index < -0.39 is 0 Å². The molecule has 34 heavy (non-hydrogen) atoms. The smallest absolute Gasteiger partial charge is 0.259 e. The minimum absolute atomic E-state index is 0.137. The third-order valence-electron chi connectivity index (χ3n) is 5.72. The zero-order valence-electron chi connectivity index (χ0n) is 18.7. The zero-order valence-corrected chi connectivity index (χ0v) is 18.7. The molecule has 0 fully saturated rings. The predicted molar refractivity (Wildman–Crippen MR) is 129 cm³/mol. The quantitative estimate of drug-likeness (QED) is 0.324. The molecule has 172 valence electrons. The molecule has 1 aliphatic heterocycles. The number of imidazole rings is 1. The summed E-state index contributed by atoms with van der Waals surface area (Å²) in [5.41, 5.74) is 4.91. The molecule has 4 heterocycles. The van der Waals surface area contributed by atoms with Gasteiger partial charge in [-0.2, -0.15) is 0 Å². The van der Waals surface area contributed by atoms with Gasteiger partial charge in [-0.3, -0.25) is 4.79 Å². The van der Waals surface area contributed by atoms with Gasteiger partial charge in [0.15, 0.2) is 11.5 Å². The standard InChI is InChI=1S/C16H15N7O.C8H8FN/c1-8-4-3-5-10-11(8)16(24)23-13(22-10)9(2)21-15-12-14(18-6-17-12)19-7-20-15;9-7-1-2-8-6(5-7)3-4-10-8/h3-7,9H,1-2H3,(H,22,23,24)(H2,17,18,19,20,21);1-2,5,10H,3-4H2. The fourth-order valence-electron chi connectivity index (χ4n) is 4.00. The minimum Gasteiger partial charge on any atom is -0.384 e. The number of rotatable bonds is 3. The van der Waals surface area contributed by atoms with Crippen molar-refractivity contribution in [2.24, 2.45) is 0 Å². The number of hydrogen-bond donors (Lipinski definition) is 4. The summed E-state index contributed by atoms with van der Waals surface area (Å²) < 4.78 is 12.5. The summed E-state index contributed by atoms with van der Waals surface area (Å²) >= 11 is 0. The Morgan fingerprint density at radius 2 is 2.03 bits per heavy atom. The Morgan fingerprint density at radius 3 is 2.91 bits per heavy atom. The number of nitrogens with one attached hydrogen (secondary N) is 4. The summed E-state index contributed by atoms with van der Waals surface area (Å²) in [4.78, 5) is 35.2. The van der Waals surface area contributed by atoms with Gasteiger partial charge in [0.1, 0.15) is 23.5 Å². The number of aromatic amines is 2. The molecule has 4 N–H and O–H groups in total. The van der Waals surface area contributed by atoms with E-state index in [1.807, 2.05) is 32.0 Å². The maximum atomic E-state index is 12.5. The van der Waals surface area contributed by atoms with Crippen molar-refractivity contribution in [1.82, 2.24) is 29.9 Å². The lowest BCUT2D eigenvalue weighted by molar-refractivity contribution is 0.626. The Morgan fingerprint density at radius 1 is 1.15 bits per heavy atom. The van der Waals surface area contributed by atoms with Crippen LogP contribution in [-0.4, -0.2) is 36.4 Å². The molecule has 10 heteroatoms. The van der Waals surface area contributed by atoms with E-state index in [-0.39, 0.29) is 17.4 Å². The molecule has 0 saturated carbocycles. The van der Waals surface area contributed by atoms with Crippen molar-refractivity contribution in [2.75, 3.05) is 17.2 Å². The molecule has 1 unspecified atom stereocenters. The van der Waals surface area contributed by atoms with Gasteiger partial charge in [0.05, 0.1) is 23.3 Å². The van der Waals surface area contributed by atoms with Crippen LogP contribution in [0.5, 0.6) is 0 Å². The second-order valence-electron chi connectivity index (χ2n) is 8.09. The Kier molecular flexibility index (Phi) is 5.62. The first-order valence-electron chi connectivity index (χ1n) is 10.9. The van der Waals surface area contributed by atoms with Gasteiger partial charge >= 0.3 is 0 Å². The topological polar surface area (TPSA) is 124 Å². The van der Waals surface area contributed by atoms with Crippen LogP contribution in [-0.2, 0) is 6.42 Å². The molecule has 0 aliphatic carbocycles. The largest absolute Gasteiger partial charge is 0.384 e. The van der Waals surface area contributed by atoms with Crippen LogP contribution in [0.3, 0.4) is 0 Å². The average Bonchev–Trinajstić information content (AvgIpc) is 3.49. The molecular weight excluding hydrogens is 435 g/mol. The van der Waals surface area contributed by atoms with E-state index in [1.54, 1.807) is 18.5 Å². The molecule has 9 nitrogen and oxygen atoms in total. The molecule has 6 rings (SSSR count). The fraction of sp³-hybridized carbons (Fsp3) is 0.208.